The Morgan fingerprint density at radius 1 is 1.16 bits per heavy atom. The molecule has 0 fully saturated rings. The number of imide groups is 1. The number of benzene rings is 2. The van der Waals surface area contributed by atoms with Crippen molar-refractivity contribution in [3.63, 3.8) is 0 Å². The Labute approximate surface area is 188 Å². The molecule has 0 aliphatic carbocycles. The summed E-state index contributed by atoms with van der Waals surface area (Å²) in [6, 6.07) is 13.0. The van der Waals surface area contributed by atoms with E-state index in [1.807, 2.05) is 6.92 Å². The highest BCUT2D eigenvalue weighted by atomic mass is 79.9. The highest BCUT2D eigenvalue weighted by Gasteiger charge is 2.27. The summed E-state index contributed by atoms with van der Waals surface area (Å²) in [7, 11) is 0. The van der Waals surface area contributed by atoms with Crippen LogP contribution in [0.2, 0.25) is 0 Å². The molecule has 0 saturated heterocycles. The van der Waals surface area contributed by atoms with Gasteiger partial charge in [-0.3, -0.25) is 20.1 Å². The molecular weight excluding hydrogens is 468 g/mol. The summed E-state index contributed by atoms with van der Waals surface area (Å²) >= 11 is 3.34. The number of allylic oxidation sites excluding steroid dienone is 1. The molecule has 2 atom stereocenters. The van der Waals surface area contributed by atoms with Gasteiger partial charge in [-0.05, 0) is 49.1 Å². The van der Waals surface area contributed by atoms with Crippen LogP contribution >= 0.6 is 15.9 Å². The fourth-order valence-corrected chi connectivity index (χ4v) is 3.26. The molecule has 2 aromatic rings. The first-order chi connectivity index (χ1) is 14.8. The lowest BCUT2D eigenvalue weighted by atomic mass is 9.92. The second kappa shape index (κ2) is 11.9. The van der Waals surface area contributed by atoms with Crippen LogP contribution < -0.4 is 10.8 Å². The van der Waals surface area contributed by atoms with E-state index in [1.54, 1.807) is 48.5 Å². The molecule has 0 aromatic heterocycles. The quantitative estimate of drug-likeness (QED) is 0.249. The number of aromatic hydroxyl groups is 1. The maximum Gasteiger partial charge on any atom is 0.414 e. The number of hydroxylamine groups is 1. The molecule has 9 heteroatoms. The normalized spacial score (nSPS) is 12.7. The van der Waals surface area contributed by atoms with E-state index in [2.05, 4.69) is 21.2 Å². The molecule has 8 nitrogen and oxygen atoms in total. The summed E-state index contributed by atoms with van der Waals surface area (Å²) < 4.78 is 6.21. The summed E-state index contributed by atoms with van der Waals surface area (Å²) in [5.41, 5.74) is 2.18. The van der Waals surface area contributed by atoms with Gasteiger partial charge < -0.3 is 9.84 Å². The van der Waals surface area contributed by atoms with Gasteiger partial charge >= 0.3 is 6.09 Å². The molecule has 4 N–H and O–H groups in total. The molecule has 0 spiro atoms. The van der Waals surface area contributed by atoms with Crippen molar-refractivity contribution in [3.8, 4) is 5.75 Å². The molecule has 0 saturated carbocycles. The fraction of sp³-hybridized carbons (Fsp3) is 0.227. The molecule has 2 aromatic carbocycles. The van der Waals surface area contributed by atoms with Gasteiger partial charge in [-0.15, -0.1) is 0 Å². The number of hydrogen-bond donors (Lipinski definition) is 4. The Kier molecular flexibility index (Phi) is 9.23. The number of nitrogens with one attached hydrogen (secondary N) is 2. The zero-order chi connectivity index (χ0) is 22.8. The van der Waals surface area contributed by atoms with E-state index in [-0.39, 0.29) is 11.7 Å². The van der Waals surface area contributed by atoms with Crippen LogP contribution in [0.25, 0.3) is 0 Å². The molecule has 0 bridgehead atoms. The lowest BCUT2D eigenvalue weighted by Gasteiger charge is -2.25. The number of rotatable bonds is 8. The molecule has 0 radical (unpaired) electrons. The average Bonchev–Trinajstić information content (AvgIpc) is 2.77. The summed E-state index contributed by atoms with van der Waals surface area (Å²) in [5.74, 6) is -1.59. The zero-order valence-corrected chi connectivity index (χ0v) is 18.3. The number of phenols is 1. The van der Waals surface area contributed by atoms with Crippen molar-refractivity contribution >= 4 is 33.8 Å². The largest absolute Gasteiger partial charge is 0.508 e. The number of carbonyl (C=O) groups is 3. The molecule has 0 aliphatic heterocycles. The summed E-state index contributed by atoms with van der Waals surface area (Å²) in [6.45, 7) is 1.82. The second-order valence-corrected chi connectivity index (χ2v) is 7.70. The summed E-state index contributed by atoms with van der Waals surface area (Å²) in [4.78, 5) is 35.7. The molecule has 164 valence electrons. The molecule has 3 amide bonds. The van der Waals surface area contributed by atoms with Crippen LogP contribution in [0.4, 0.5) is 4.79 Å². The van der Waals surface area contributed by atoms with E-state index in [1.165, 1.54) is 17.6 Å². The number of carbonyl (C=O) groups excluding carboxylic acids is 3. The van der Waals surface area contributed by atoms with Gasteiger partial charge in [0.05, 0.1) is 0 Å². The first-order valence-corrected chi connectivity index (χ1v) is 10.3. The minimum atomic E-state index is -0.944. The summed E-state index contributed by atoms with van der Waals surface area (Å²) in [6.07, 6.45) is 1.89. The Bertz CT molecular complexity index is 948. The second-order valence-electron chi connectivity index (χ2n) is 6.78. The van der Waals surface area contributed by atoms with Crippen molar-refractivity contribution in [2.75, 3.05) is 0 Å². The topological polar surface area (TPSA) is 125 Å². The highest BCUT2D eigenvalue weighted by molar-refractivity contribution is 9.10. The van der Waals surface area contributed by atoms with Crippen LogP contribution in [0.15, 0.2) is 65.2 Å². The van der Waals surface area contributed by atoms with Gasteiger partial charge in [0.2, 0.25) is 0 Å². The Morgan fingerprint density at radius 3 is 2.55 bits per heavy atom. The fourth-order valence-electron chi connectivity index (χ4n) is 2.88. The molecule has 2 rings (SSSR count). The van der Waals surface area contributed by atoms with E-state index in [4.69, 9.17) is 9.94 Å². The first kappa shape index (κ1) is 24.1. The van der Waals surface area contributed by atoms with Gasteiger partial charge in [0, 0.05) is 21.7 Å². The molecule has 0 aliphatic rings. The van der Waals surface area contributed by atoms with E-state index in [0.717, 1.165) is 0 Å². The van der Waals surface area contributed by atoms with Crippen LogP contribution in [0.3, 0.4) is 0 Å². The molecular formula is C22H23BrN2O6. The van der Waals surface area contributed by atoms with Gasteiger partial charge in [-0.25, -0.2) is 10.3 Å². The van der Waals surface area contributed by atoms with E-state index >= 15 is 0 Å². The average molecular weight is 491 g/mol. The lowest BCUT2D eigenvalue weighted by Crippen LogP contribution is -2.33. The number of halogens is 1. The number of hydrogen-bond acceptors (Lipinski definition) is 6. The maximum absolute atomic E-state index is 12.4. The van der Waals surface area contributed by atoms with E-state index in [0.29, 0.717) is 28.4 Å². The van der Waals surface area contributed by atoms with Crippen LogP contribution in [0, 0.1) is 5.92 Å². The predicted octanol–water partition coefficient (Wildman–Crippen LogP) is 4.24. The third-order valence-corrected chi connectivity index (χ3v) is 4.96. The third-order valence-electron chi connectivity index (χ3n) is 4.47. The standard InChI is InChI=1S/C22H23BrN2O6/c1-14(7-5-6-10-19(27)25-30)20(17-13-16(23)11-12-18(17)26)31-22(29)24-21(28)15-8-3-2-4-9-15/h2-4,6,8-14,20,26,30H,5,7H2,1H3,(H,25,27)(H,24,28,29)/b10-6+/t14-,20+/m0/s1. The van der Waals surface area contributed by atoms with Gasteiger partial charge in [0.1, 0.15) is 11.9 Å². The number of alkyl carbamates (subject to hydrolysis) is 1. The van der Waals surface area contributed by atoms with Gasteiger partial charge in [0.15, 0.2) is 0 Å². The molecule has 31 heavy (non-hydrogen) atoms. The van der Waals surface area contributed by atoms with E-state index < -0.39 is 24.0 Å². The number of phenolic OH excluding ortho intramolecular Hbond substituents is 1. The maximum atomic E-state index is 12.4. The Balaban J connectivity index is 2.14. The van der Waals surface area contributed by atoms with Crippen molar-refractivity contribution in [2.24, 2.45) is 5.92 Å². The summed E-state index contributed by atoms with van der Waals surface area (Å²) in [5, 5.41) is 21.0. The monoisotopic (exact) mass is 490 g/mol. The smallest absolute Gasteiger partial charge is 0.414 e. The molecule has 0 unspecified atom stereocenters. The van der Waals surface area contributed by atoms with Crippen LogP contribution in [-0.2, 0) is 9.53 Å². The third kappa shape index (κ3) is 7.54. The first-order valence-electron chi connectivity index (χ1n) is 9.47. The van der Waals surface area contributed by atoms with Gasteiger partial charge in [-0.2, -0.15) is 0 Å². The minimum absolute atomic E-state index is 0.0579. The van der Waals surface area contributed by atoms with Crippen molar-refractivity contribution in [2.45, 2.75) is 25.9 Å². The predicted molar refractivity (Wildman–Crippen MR) is 116 cm³/mol. The van der Waals surface area contributed by atoms with Crippen molar-refractivity contribution < 1.29 is 29.4 Å². The van der Waals surface area contributed by atoms with E-state index in [9.17, 15) is 19.5 Å². The lowest BCUT2D eigenvalue weighted by molar-refractivity contribution is -0.124. The zero-order valence-electron chi connectivity index (χ0n) is 16.7. The van der Waals surface area contributed by atoms with Crippen molar-refractivity contribution in [1.82, 2.24) is 10.8 Å². The highest BCUT2D eigenvalue weighted by Crippen LogP contribution is 2.36. The van der Waals surface area contributed by atoms with Gasteiger partial charge in [0.25, 0.3) is 11.8 Å². The SMILES string of the molecule is C[C@@H](CC/C=C/C(=O)NO)[C@@H](OC(=O)NC(=O)c1ccccc1)c1cc(Br)ccc1O. The van der Waals surface area contributed by atoms with Crippen molar-refractivity contribution in [1.29, 1.82) is 0 Å². The van der Waals surface area contributed by atoms with Crippen LogP contribution in [0.5, 0.6) is 5.75 Å². The van der Waals surface area contributed by atoms with Crippen LogP contribution in [0.1, 0.15) is 41.8 Å². The Hall–Kier alpha value is -3.17. The Morgan fingerprint density at radius 2 is 1.87 bits per heavy atom. The number of amides is 3. The minimum Gasteiger partial charge on any atom is -0.508 e. The van der Waals surface area contributed by atoms with Gasteiger partial charge in [-0.1, -0.05) is 47.1 Å². The molecule has 0 heterocycles. The van der Waals surface area contributed by atoms with Crippen molar-refractivity contribution in [3.05, 3.63) is 76.3 Å². The van der Waals surface area contributed by atoms with Crippen LogP contribution in [-0.4, -0.2) is 28.2 Å². The number of ether oxygens (including phenoxy) is 1.